The van der Waals surface area contributed by atoms with E-state index in [1.807, 2.05) is 92.5 Å². The van der Waals surface area contributed by atoms with Crippen LogP contribution in [0, 0.1) is 33.6 Å². The lowest BCUT2D eigenvalue weighted by Crippen LogP contribution is -2.48. The number of aliphatic hydroxyl groups is 1. The fourth-order valence-electron chi connectivity index (χ4n) is 8.69. The van der Waals surface area contributed by atoms with Crippen LogP contribution in [0.1, 0.15) is 95.1 Å². The molecule has 6 aromatic rings. The molecule has 1 fully saturated rings. The van der Waals surface area contributed by atoms with Crippen molar-refractivity contribution in [3.63, 3.8) is 0 Å². The van der Waals surface area contributed by atoms with Gasteiger partial charge in [0.1, 0.15) is 22.9 Å². The van der Waals surface area contributed by atoms with E-state index in [0.29, 0.717) is 50.1 Å². The first-order valence-corrected chi connectivity index (χ1v) is 24.3. The molecule has 4 atom stereocenters. The average molecular weight is 952 g/mol. The van der Waals surface area contributed by atoms with Crippen LogP contribution >= 0.6 is 34.3 Å². The number of benzene rings is 2. The van der Waals surface area contributed by atoms with E-state index in [0.717, 1.165) is 60.5 Å². The van der Waals surface area contributed by atoms with Crippen LogP contribution in [0.3, 0.4) is 0 Å². The number of nitrogens with one attached hydrogen (secondary N) is 2. The number of rotatable bonds is 17. The number of aliphatic imine (C=N–C) groups is 1. The average Bonchev–Trinajstić information content (AvgIpc) is 4.14. The molecule has 2 aliphatic rings. The molecule has 1 saturated heterocycles. The normalized spacial score (nSPS) is 17.3. The number of aromatic nitrogens is 6. The highest BCUT2D eigenvalue weighted by atomic mass is 35.5. The van der Waals surface area contributed by atoms with Crippen molar-refractivity contribution in [2.45, 2.75) is 98.0 Å². The van der Waals surface area contributed by atoms with Gasteiger partial charge < -0.3 is 25.4 Å². The lowest BCUT2D eigenvalue weighted by atomic mass is 9.89. The zero-order chi connectivity index (χ0) is 46.6. The number of hydrogen-bond acceptors (Lipinski definition) is 12. The molecule has 0 saturated carbocycles. The van der Waals surface area contributed by atoms with E-state index in [2.05, 4.69) is 44.8 Å². The number of carbonyl (C=O) groups is 3. The number of β-amino-alcohol motifs (C(OH)–C–C–N with tert-alkyl or cyclic N) is 1. The Kier molecular flexibility index (Phi) is 14.6. The van der Waals surface area contributed by atoms with E-state index in [1.165, 1.54) is 9.78 Å². The molecule has 8 rings (SSSR count). The third-order valence-corrected chi connectivity index (χ3v) is 14.6. The van der Waals surface area contributed by atoms with Crippen LogP contribution in [0.25, 0.3) is 15.4 Å². The Bertz CT molecular complexity index is 2720. The summed E-state index contributed by atoms with van der Waals surface area (Å²) in [6.45, 7) is 14.1. The molecule has 3 amide bonds. The minimum atomic E-state index is -0.795. The van der Waals surface area contributed by atoms with Gasteiger partial charge in [0.15, 0.2) is 5.82 Å². The lowest BCUT2D eigenvalue weighted by molar-refractivity contribution is -0.140. The van der Waals surface area contributed by atoms with Crippen LogP contribution in [-0.4, -0.2) is 101 Å². The number of likely N-dealkylation sites (tertiary alicyclic amines) is 1. The molecule has 6 heterocycles. The van der Waals surface area contributed by atoms with Gasteiger partial charge in [-0.05, 0) is 68.9 Å². The van der Waals surface area contributed by atoms with Gasteiger partial charge in [0, 0.05) is 72.0 Å². The summed E-state index contributed by atoms with van der Waals surface area (Å²) in [5.74, 6) is 0.0499. The maximum atomic E-state index is 14.2. The van der Waals surface area contributed by atoms with E-state index >= 15 is 0 Å². The number of ether oxygens (including phenoxy) is 1. The van der Waals surface area contributed by atoms with E-state index in [4.69, 9.17) is 21.3 Å². The predicted octanol–water partition coefficient (Wildman–Crippen LogP) is 7.06. The molecule has 0 spiro atoms. The molecular formula is C48H55ClN10O5S2. The van der Waals surface area contributed by atoms with Crippen molar-refractivity contribution >= 4 is 57.7 Å². The molecule has 4 aromatic heterocycles. The topological polar surface area (TPSA) is 182 Å². The van der Waals surface area contributed by atoms with E-state index in [1.54, 1.807) is 33.6 Å². The summed E-state index contributed by atoms with van der Waals surface area (Å²) in [7, 11) is 0. The summed E-state index contributed by atoms with van der Waals surface area (Å²) in [6.07, 6.45) is 3.71. The highest BCUT2D eigenvalue weighted by Gasteiger charge is 2.42. The second kappa shape index (κ2) is 20.5. The number of fused-ring (bicyclic) bond motifs is 3. The molecular weight excluding hydrogens is 896 g/mol. The Hall–Kier alpha value is -5.59. The second-order valence-electron chi connectivity index (χ2n) is 17.3. The zero-order valence-electron chi connectivity index (χ0n) is 38.0. The van der Waals surface area contributed by atoms with Gasteiger partial charge in [-0.1, -0.05) is 61.8 Å². The zero-order valence-corrected chi connectivity index (χ0v) is 40.3. The van der Waals surface area contributed by atoms with Crippen molar-refractivity contribution in [3.8, 4) is 15.4 Å². The smallest absolute Gasteiger partial charge is 0.243 e. The quantitative estimate of drug-likeness (QED) is 0.0807. The Balaban J connectivity index is 0.808. The maximum absolute atomic E-state index is 14.2. The molecule has 346 valence electrons. The van der Waals surface area contributed by atoms with Crippen LogP contribution in [-0.2, 0) is 32.2 Å². The number of carbonyl (C=O) groups excluding carboxylic acids is 3. The fourth-order valence-corrected chi connectivity index (χ4v) is 10.8. The number of aliphatic hydroxyl groups excluding tert-OH is 1. The Morgan fingerprint density at radius 2 is 1.74 bits per heavy atom. The van der Waals surface area contributed by atoms with Gasteiger partial charge in [-0.25, -0.2) is 4.98 Å². The van der Waals surface area contributed by atoms with Crippen LogP contribution in [0.4, 0.5) is 0 Å². The third-order valence-electron chi connectivity index (χ3n) is 12.2. The fraction of sp³-hybridized carbons (Fsp3) is 0.417. The molecule has 2 aromatic carbocycles. The van der Waals surface area contributed by atoms with Crippen molar-refractivity contribution < 1.29 is 24.2 Å². The minimum Gasteiger partial charge on any atom is -0.391 e. The summed E-state index contributed by atoms with van der Waals surface area (Å²) in [5.41, 5.74) is 9.40. The number of hydrogen-bond donors (Lipinski definition) is 3. The highest BCUT2D eigenvalue weighted by Crippen LogP contribution is 2.40. The highest BCUT2D eigenvalue weighted by molar-refractivity contribution is 7.15. The Morgan fingerprint density at radius 3 is 2.47 bits per heavy atom. The van der Waals surface area contributed by atoms with Crippen molar-refractivity contribution in [2.75, 3.05) is 26.3 Å². The van der Waals surface area contributed by atoms with Crippen LogP contribution < -0.4 is 10.6 Å². The number of aryl methyl sites for hydroxylation is 4. The van der Waals surface area contributed by atoms with Crippen molar-refractivity contribution in [1.82, 2.24) is 45.1 Å². The van der Waals surface area contributed by atoms with E-state index < -0.39 is 24.1 Å². The molecule has 18 heteroatoms. The number of amides is 3. The molecule has 2 aliphatic heterocycles. The SMILES string of the molecule is Cc1ncsc1-c1ccc(CNC(=O)[C@@H]2C[C@@H](O)CN2C(=O)[C@H](c2cnn(CCCOCCNC(=O)C[C@@H]3N=C(c4ccc(Cl)cc4)c4c(sc(C)c4C)-n4c(C)nnc43)c2)C(C)C)cc1. The largest absolute Gasteiger partial charge is 0.391 e. The third kappa shape index (κ3) is 10.2. The summed E-state index contributed by atoms with van der Waals surface area (Å²) in [5, 5.41) is 31.7. The second-order valence-corrected chi connectivity index (χ2v) is 19.8. The number of thiazole rings is 1. The first kappa shape index (κ1) is 46.9. The Labute approximate surface area is 397 Å². The van der Waals surface area contributed by atoms with Gasteiger partial charge >= 0.3 is 0 Å². The van der Waals surface area contributed by atoms with Crippen molar-refractivity contribution in [1.29, 1.82) is 0 Å². The predicted molar refractivity (Wildman–Crippen MR) is 256 cm³/mol. The number of thiophene rings is 1. The molecule has 66 heavy (non-hydrogen) atoms. The number of nitrogens with zero attached hydrogens (tertiary/aromatic N) is 8. The van der Waals surface area contributed by atoms with Gasteiger partial charge in [-0.2, -0.15) is 5.10 Å². The van der Waals surface area contributed by atoms with Crippen molar-refractivity contribution in [2.24, 2.45) is 10.9 Å². The van der Waals surface area contributed by atoms with Crippen LogP contribution in [0.15, 0.2) is 71.4 Å². The van der Waals surface area contributed by atoms with Gasteiger partial charge in [0.05, 0.1) is 53.0 Å². The van der Waals surface area contributed by atoms with Crippen LogP contribution in [0.5, 0.6) is 0 Å². The van der Waals surface area contributed by atoms with E-state index in [9.17, 15) is 19.5 Å². The number of halogens is 1. The summed E-state index contributed by atoms with van der Waals surface area (Å²) >= 11 is 9.50. The first-order valence-electron chi connectivity index (χ1n) is 22.3. The summed E-state index contributed by atoms with van der Waals surface area (Å²) in [6, 6.07) is 14.2. The van der Waals surface area contributed by atoms with Gasteiger partial charge in [-0.15, -0.1) is 32.9 Å². The van der Waals surface area contributed by atoms with Gasteiger partial charge in [-0.3, -0.25) is 28.6 Å². The summed E-state index contributed by atoms with van der Waals surface area (Å²) in [4.78, 5) is 54.4. The minimum absolute atomic E-state index is 0.0830. The standard InChI is InChI=1S/C48H55ClN10O5S2/c1-27(2)41(47(63)58-25-37(60)20-39(58)46(62)51-22-32-8-10-34(11-9-32)44-29(4)52-26-65-44)35-23-53-57(24-35)17-7-18-64-19-16-50-40(61)21-38-45-56-55-31(6)59(45)48-42(28(3)30(5)66-48)43(54-38)33-12-14-36(49)15-13-33/h8-15,23-24,26-27,37-39,41,60H,7,16-22,25H2,1-6H3,(H,50,61)(H,51,62)/t37-,38+,39+,41+/m1/s1. The molecule has 3 N–H and O–H groups in total. The van der Waals surface area contributed by atoms with Crippen molar-refractivity contribution in [3.05, 3.63) is 121 Å². The molecule has 0 aliphatic carbocycles. The van der Waals surface area contributed by atoms with Crippen LogP contribution in [0.2, 0.25) is 5.02 Å². The monoisotopic (exact) mass is 950 g/mol. The van der Waals surface area contributed by atoms with Gasteiger partial charge in [0.2, 0.25) is 17.7 Å². The Morgan fingerprint density at radius 1 is 0.985 bits per heavy atom. The maximum Gasteiger partial charge on any atom is 0.243 e. The molecule has 0 bridgehead atoms. The first-order chi connectivity index (χ1) is 31.8. The lowest BCUT2D eigenvalue weighted by Gasteiger charge is -2.29. The van der Waals surface area contributed by atoms with Gasteiger partial charge in [0.25, 0.3) is 0 Å². The molecule has 0 radical (unpaired) electrons. The summed E-state index contributed by atoms with van der Waals surface area (Å²) < 4.78 is 9.71. The van der Waals surface area contributed by atoms with E-state index in [-0.39, 0.29) is 43.0 Å². The molecule has 15 nitrogen and oxygen atoms in total. The molecule has 0 unspecified atom stereocenters.